The Balaban J connectivity index is 1.80. The second-order valence-corrected chi connectivity index (χ2v) is 4.99. The Labute approximate surface area is 129 Å². The van der Waals surface area contributed by atoms with Gasteiger partial charge in [-0.3, -0.25) is 25.0 Å². The van der Waals surface area contributed by atoms with E-state index in [1.807, 2.05) is 0 Å². The number of non-ortho nitro benzene ring substituents is 1. The van der Waals surface area contributed by atoms with Crippen LogP contribution in [0.4, 0.5) is 17.3 Å². The van der Waals surface area contributed by atoms with E-state index >= 15 is 0 Å². The maximum Gasteiger partial charge on any atom is 0.269 e. The smallest absolute Gasteiger partial charge is 0.269 e. The largest absolute Gasteiger partial charge is 0.324 e. The van der Waals surface area contributed by atoms with Crippen LogP contribution in [0.1, 0.15) is 18.3 Å². The number of nitrogens with one attached hydrogen (secondary N) is 2. The van der Waals surface area contributed by atoms with Gasteiger partial charge in [0.2, 0.25) is 17.8 Å². The number of aromatic nitrogens is 3. The lowest BCUT2D eigenvalue weighted by atomic mass is 10.1. The van der Waals surface area contributed by atoms with E-state index in [4.69, 9.17) is 0 Å². The maximum atomic E-state index is 12.4. The minimum Gasteiger partial charge on any atom is -0.324 e. The van der Waals surface area contributed by atoms with Crippen molar-refractivity contribution >= 4 is 29.1 Å². The molecule has 0 radical (unpaired) electrons. The quantitative estimate of drug-likeness (QED) is 0.641. The second kappa shape index (κ2) is 5.48. The van der Waals surface area contributed by atoms with Crippen molar-refractivity contribution in [2.75, 3.05) is 10.6 Å². The molecule has 23 heavy (non-hydrogen) atoms. The van der Waals surface area contributed by atoms with Crippen LogP contribution in [0.5, 0.6) is 0 Å². The zero-order valence-corrected chi connectivity index (χ0v) is 12.0. The third-order valence-corrected chi connectivity index (χ3v) is 3.31. The molecular formula is C13H12N6O4. The van der Waals surface area contributed by atoms with Crippen LogP contribution >= 0.6 is 0 Å². The van der Waals surface area contributed by atoms with Gasteiger partial charge in [0.05, 0.1) is 11.3 Å². The summed E-state index contributed by atoms with van der Waals surface area (Å²) in [6.07, 6.45) is -0.0609. The molecule has 2 heterocycles. The molecule has 0 saturated heterocycles. The van der Waals surface area contributed by atoms with Gasteiger partial charge in [-0.2, -0.15) is 10.1 Å². The SMILES string of the molecule is Cc1nc2n(n1)C(C(=O)Nc1ccc([N+](=O)[O-])cc1)CC(=O)N2. The van der Waals surface area contributed by atoms with Crippen LogP contribution in [0.25, 0.3) is 0 Å². The summed E-state index contributed by atoms with van der Waals surface area (Å²) in [4.78, 5) is 38.2. The van der Waals surface area contributed by atoms with Crippen LogP contribution < -0.4 is 10.6 Å². The lowest BCUT2D eigenvalue weighted by molar-refractivity contribution is -0.384. The molecule has 1 aliphatic rings. The summed E-state index contributed by atoms with van der Waals surface area (Å²) in [5.74, 6) is -0.105. The molecule has 1 aliphatic heterocycles. The minimum absolute atomic E-state index is 0.0609. The van der Waals surface area contributed by atoms with Gasteiger partial charge in [-0.25, -0.2) is 4.68 Å². The molecule has 0 bridgehead atoms. The topological polar surface area (TPSA) is 132 Å². The van der Waals surface area contributed by atoms with Crippen molar-refractivity contribution in [3.8, 4) is 0 Å². The molecule has 1 aromatic carbocycles. The van der Waals surface area contributed by atoms with Gasteiger partial charge >= 0.3 is 0 Å². The highest BCUT2D eigenvalue weighted by atomic mass is 16.6. The molecule has 1 unspecified atom stereocenters. The van der Waals surface area contributed by atoms with Gasteiger partial charge in [-0.1, -0.05) is 0 Å². The second-order valence-electron chi connectivity index (χ2n) is 4.99. The highest BCUT2D eigenvalue weighted by Gasteiger charge is 2.32. The van der Waals surface area contributed by atoms with E-state index in [1.165, 1.54) is 28.9 Å². The Hall–Kier alpha value is -3.30. The number of fused-ring (bicyclic) bond motifs is 1. The first-order valence-corrected chi connectivity index (χ1v) is 6.72. The van der Waals surface area contributed by atoms with Crippen LogP contribution in [0.2, 0.25) is 0 Å². The Morgan fingerprint density at radius 3 is 2.78 bits per heavy atom. The maximum absolute atomic E-state index is 12.4. The van der Waals surface area contributed by atoms with E-state index in [-0.39, 0.29) is 24.0 Å². The Bertz CT molecular complexity index is 797. The van der Waals surface area contributed by atoms with E-state index in [1.54, 1.807) is 6.92 Å². The number of carbonyl (C=O) groups is 2. The average Bonchev–Trinajstić information content (AvgIpc) is 2.86. The van der Waals surface area contributed by atoms with Crippen LogP contribution in [-0.2, 0) is 9.59 Å². The van der Waals surface area contributed by atoms with Crippen molar-refractivity contribution < 1.29 is 14.5 Å². The van der Waals surface area contributed by atoms with E-state index in [2.05, 4.69) is 20.7 Å². The van der Waals surface area contributed by atoms with E-state index in [0.717, 1.165) is 0 Å². The number of hydrogen-bond donors (Lipinski definition) is 2. The van der Waals surface area contributed by atoms with E-state index in [0.29, 0.717) is 11.5 Å². The molecule has 10 nitrogen and oxygen atoms in total. The molecule has 3 rings (SSSR count). The van der Waals surface area contributed by atoms with E-state index in [9.17, 15) is 19.7 Å². The van der Waals surface area contributed by atoms with E-state index < -0.39 is 16.9 Å². The van der Waals surface area contributed by atoms with Gasteiger partial charge in [-0.15, -0.1) is 0 Å². The fourth-order valence-corrected chi connectivity index (χ4v) is 2.27. The molecule has 1 atom stereocenters. The molecule has 1 aromatic heterocycles. The molecule has 118 valence electrons. The molecule has 0 saturated carbocycles. The van der Waals surface area contributed by atoms with Crippen molar-refractivity contribution in [1.82, 2.24) is 14.8 Å². The molecular weight excluding hydrogens is 304 g/mol. The zero-order chi connectivity index (χ0) is 16.6. The van der Waals surface area contributed by atoms with Gasteiger partial charge in [-0.05, 0) is 19.1 Å². The fraction of sp³-hybridized carbons (Fsp3) is 0.231. The summed E-state index contributed by atoms with van der Waals surface area (Å²) < 4.78 is 1.36. The number of carbonyl (C=O) groups excluding carboxylic acids is 2. The summed E-state index contributed by atoms with van der Waals surface area (Å²) in [5.41, 5.74) is 0.319. The van der Waals surface area contributed by atoms with Crippen LogP contribution in [0, 0.1) is 17.0 Å². The number of amides is 2. The molecule has 2 amide bonds. The summed E-state index contributed by atoms with van der Waals surface area (Å²) in [6.45, 7) is 1.66. The standard InChI is InChI=1S/C13H12N6O4/c1-7-14-13-16-11(20)6-10(18(13)17-7)12(21)15-8-2-4-9(5-3-8)19(22)23/h2-5,10H,6H2,1H3,(H,15,21)(H,14,16,17,20). The summed E-state index contributed by atoms with van der Waals surface area (Å²) >= 11 is 0. The summed E-state index contributed by atoms with van der Waals surface area (Å²) in [6, 6.07) is 4.59. The van der Waals surface area contributed by atoms with Crippen molar-refractivity contribution in [3.63, 3.8) is 0 Å². The fourth-order valence-electron chi connectivity index (χ4n) is 2.27. The van der Waals surface area contributed by atoms with Crippen LogP contribution in [0.15, 0.2) is 24.3 Å². The normalized spacial score (nSPS) is 16.4. The molecule has 0 fully saturated rings. The van der Waals surface area contributed by atoms with Gasteiger partial charge in [0.15, 0.2) is 0 Å². The predicted octanol–water partition coefficient (Wildman–Crippen LogP) is 1.02. The number of hydrogen-bond acceptors (Lipinski definition) is 6. The molecule has 0 aliphatic carbocycles. The van der Waals surface area contributed by atoms with Crippen molar-refractivity contribution in [2.24, 2.45) is 0 Å². The van der Waals surface area contributed by atoms with Crippen molar-refractivity contribution in [2.45, 2.75) is 19.4 Å². The van der Waals surface area contributed by atoms with Crippen molar-refractivity contribution in [1.29, 1.82) is 0 Å². The van der Waals surface area contributed by atoms with Gasteiger partial charge in [0.25, 0.3) is 5.69 Å². The molecule has 2 aromatic rings. The molecule has 2 N–H and O–H groups in total. The first kappa shape index (κ1) is 14.6. The highest BCUT2D eigenvalue weighted by molar-refractivity contribution is 6.00. The number of aryl methyl sites for hydroxylation is 1. The Kier molecular flexibility index (Phi) is 3.48. The number of anilines is 2. The average molecular weight is 316 g/mol. The van der Waals surface area contributed by atoms with Crippen molar-refractivity contribution in [3.05, 3.63) is 40.2 Å². The Morgan fingerprint density at radius 2 is 2.13 bits per heavy atom. The molecule has 10 heteroatoms. The monoisotopic (exact) mass is 316 g/mol. The van der Waals surface area contributed by atoms with Gasteiger partial charge < -0.3 is 5.32 Å². The molecule has 0 spiro atoms. The number of nitrogens with zero attached hydrogens (tertiary/aromatic N) is 4. The minimum atomic E-state index is -0.824. The summed E-state index contributed by atoms with van der Waals surface area (Å²) in [5, 5.41) is 19.9. The Morgan fingerprint density at radius 1 is 1.43 bits per heavy atom. The number of benzene rings is 1. The first-order valence-electron chi connectivity index (χ1n) is 6.72. The van der Waals surface area contributed by atoms with Crippen LogP contribution in [0.3, 0.4) is 0 Å². The van der Waals surface area contributed by atoms with Gasteiger partial charge in [0.1, 0.15) is 11.9 Å². The number of nitro benzene ring substituents is 1. The highest BCUT2D eigenvalue weighted by Crippen LogP contribution is 2.24. The third kappa shape index (κ3) is 2.86. The number of nitro groups is 1. The lowest BCUT2D eigenvalue weighted by Gasteiger charge is -2.22. The third-order valence-electron chi connectivity index (χ3n) is 3.31. The lowest BCUT2D eigenvalue weighted by Crippen LogP contribution is -2.36. The summed E-state index contributed by atoms with van der Waals surface area (Å²) in [7, 11) is 0. The van der Waals surface area contributed by atoms with Crippen LogP contribution in [-0.4, -0.2) is 31.5 Å². The first-order chi connectivity index (χ1) is 10.9. The zero-order valence-electron chi connectivity index (χ0n) is 12.0. The van der Waals surface area contributed by atoms with Gasteiger partial charge in [0, 0.05) is 17.8 Å². The predicted molar refractivity (Wildman–Crippen MR) is 78.8 cm³/mol. The number of rotatable bonds is 3.